The number of ketones is 1. The van der Waals surface area contributed by atoms with E-state index < -0.39 is 7.82 Å². The van der Waals surface area contributed by atoms with Gasteiger partial charge >= 0.3 is 7.82 Å². The zero-order valence-electron chi connectivity index (χ0n) is 23.4. The third kappa shape index (κ3) is 25.2. The van der Waals surface area contributed by atoms with E-state index in [1.54, 1.807) is 0 Å². The number of phosphoric ester groups is 1. The third-order valence-electron chi connectivity index (χ3n) is 6.56. The second kappa shape index (κ2) is 25.4. The van der Waals surface area contributed by atoms with Crippen LogP contribution >= 0.6 is 7.82 Å². The molecule has 0 saturated heterocycles. The fraction of sp³-hybridized carbons (Fsp3) is 0.964. The molecule has 0 aromatic carbocycles. The molecule has 0 amide bonds. The predicted octanol–water partition coefficient (Wildman–Crippen LogP) is 8.37. The van der Waals surface area contributed by atoms with Gasteiger partial charge in [-0.3, -0.25) is 13.8 Å². The highest BCUT2D eigenvalue weighted by Gasteiger charge is 2.24. The van der Waals surface area contributed by atoms with Crippen LogP contribution in [0, 0.1) is 5.92 Å². The van der Waals surface area contributed by atoms with E-state index in [1.165, 1.54) is 77.0 Å². The summed E-state index contributed by atoms with van der Waals surface area (Å²) >= 11 is 0. The van der Waals surface area contributed by atoms with Crippen LogP contribution in [-0.4, -0.2) is 37.5 Å². The van der Waals surface area contributed by atoms with Crippen molar-refractivity contribution in [3.63, 3.8) is 0 Å². The number of rotatable bonds is 28. The molecule has 0 aliphatic carbocycles. The number of phosphoric acid groups is 1. The fourth-order valence-electron chi connectivity index (χ4n) is 4.40. The van der Waals surface area contributed by atoms with Gasteiger partial charge in [-0.05, 0) is 45.2 Å². The van der Waals surface area contributed by atoms with Crippen molar-refractivity contribution >= 4 is 13.6 Å². The van der Waals surface area contributed by atoms with Crippen LogP contribution < -0.4 is 5.32 Å². The minimum atomic E-state index is -4.06. The number of carbonyl (C=O) groups excluding carboxylic acids is 1. The van der Waals surface area contributed by atoms with Crippen molar-refractivity contribution in [2.75, 3.05) is 26.8 Å². The molecule has 0 spiro atoms. The molecule has 0 aliphatic rings. The molecule has 6 nitrogen and oxygen atoms in total. The summed E-state index contributed by atoms with van der Waals surface area (Å²) in [5.74, 6) is 0.201. The third-order valence-corrected chi connectivity index (χ3v) is 7.54. The van der Waals surface area contributed by atoms with Gasteiger partial charge in [-0.2, -0.15) is 0 Å². The molecule has 0 heterocycles. The average Bonchev–Trinajstić information content (AvgIpc) is 2.82. The largest absolute Gasteiger partial charge is 0.472 e. The minimum absolute atomic E-state index is 0.0141. The van der Waals surface area contributed by atoms with Gasteiger partial charge in [0.1, 0.15) is 5.78 Å². The van der Waals surface area contributed by atoms with Gasteiger partial charge in [0.2, 0.25) is 0 Å². The van der Waals surface area contributed by atoms with Gasteiger partial charge in [-0.25, -0.2) is 4.57 Å². The lowest BCUT2D eigenvalue weighted by atomic mass is 9.94. The van der Waals surface area contributed by atoms with Gasteiger partial charge in [-0.15, -0.1) is 0 Å². The molecule has 35 heavy (non-hydrogen) atoms. The summed E-state index contributed by atoms with van der Waals surface area (Å²) in [6, 6.07) is 0. The fourth-order valence-corrected chi connectivity index (χ4v) is 5.23. The van der Waals surface area contributed by atoms with Crippen molar-refractivity contribution < 1.29 is 23.3 Å². The highest BCUT2D eigenvalue weighted by atomic mass is 31.2. The Kier molecular flexibility index (Phi) is 25.2. The summed E-state index contributed by atoms with van der Waals surface area (Å²) in [6.07, 6.45) is 22.7. The van der Waals surface area contributed by atoms with Crippen molar-refractivity contribution in [1.82, 2.24) is 5.32 Å². The zero-order chi connectivity index (χ0) is 26.0. The van der Waals surface area contributed by atoms with Crippen LogP contribution in [0.25, 0.3) is 0 Å². The number of carbonyl (C=O) groups is 1. The Morgan fingerprint density at radius 3 is 1.83 bits per heavy atom. The highest BCUT2D eigenvalue weighted by Crippen LogP contribution is 2.44. The maximum atomic E-state index is 12.2. The number of hydrogen-bond acceptors (Lipinski definition) is 5. The number of unbranched alkanes of at least 4 members (excludes halogenated alkanes) is 14. The van der Waals surface area contributed by atoms with Gasteiger partial charge in [0.15, 0.2) is 0 Å². The SMILES string of the molecule is CCCCCCCCCCCCCCCCC(COP(=O)(O)OCCCCNC)CC(=O)CCC. The molecule has 0 rings (SSSR count). The van der Waals surface area contributed by atoms with Gasteiger partial charge < -0.3 is 10.2 Å². The van der Waals surface area contributed by atoms with Crippen LogP contribution in [0.4, 0.5) is 0 Å². The first-order valence-corrected chi connectivity index (χ1v) is 16.2. The highest BCUT2D eigenvalue weighted by molar-refractivity contribution is 7.47. The summed E-state index contributed by atoms with van der Waals surface area (Å²) < 4.78 is 22.5. The van der Waals surface area contributed by atoms with E-state index in [-0.39, 0.29) is 24.9 Å². The Bertz CT molecular complexity index is 518. The van der Waals surface area contributed by atoms with E-state index >= 15 is 0 Å². The maximum Gasteiger partial charge on any atom is 0.472 e. The van der Waals surface area contributed by atoms with Crippen LogP contribution in [-0.2, 0) is 18.4 Å². The average molecular weight is 520 g/mol. The van der Waals surface area contributed by atoms with E-state index in [2.05, 4.69) is 12.2 Å². The Morgan fingerprint density at radius 1 is 0.771 bits per heavy atom. The molecule has 0 bridgehead atoms. The van der Waals surface area contributed by atoms with Crippen LogP contribution in [0.2, 0.25) is 0 Å². The van der Waals surface area contributed by atoms with Gasteiger partial charge in [0, 0.05) is 12.8 Å². The van der Waals surface area contributed by atoms with Gasteiger partial charge in [-0.1, -0.05) is 104 Å². The molecule has 210 valence electrons. The van der Waals surface area contributed by atoms with Crippen molar-refractivity contribution in [1.29, 1.82) is 0 Å². The summed E-state index contributed by atoms with van der Waals surface area (Å²) in [5.41, 5.74) is 0. The lowest BCUT2D eigenvalue weighted by molar-refractivity contribution is -0.120. The molecular formula is C28H58NO5P. The standard InChI is InChI=1S/C28H58NO5P/c1-4-6-7-8-9-10-11-12-13-14-15-16-17-18-22-27(25-28(30)21-5-2)26-34-35(31,32)33-24-20-19-23-29-3/h27,29H,4-26H2,1-3H3,(H,31,32). The normalized spacial score (nSPS) is 14.2. The first kappa shape index (κ1) is 34.7. The van der Waals surface area contributed by atoms with E-state index in [0.717, 1.165) is 38.6 Å². The molecule has 0 fully saturated rings. The van der Waals surface area contributed by atoms with Crippen LogP contribution in [0.3, 0.4) is 0 Å². The summed E-state index contributed by atoms with van der Waals surface area (Å²) in [6.45, 7) is 5.43. The topological polar surface area (TPSA) is 84.9 Å². The smallest absolute Gasteiger partial charge is 0.320 e. The Morgan fingerprint density at radius 2 is 1.31 bits per heavy atom. The van der Waals surface area contributed by atoms with Crippen LogP contribution in [0.5, 0.6) is 0 Å². The Labute approximate surface area is 217 Å². The second-order valence-corrected chi connectivity index (χ2v) is 11.6. The maximum absolute atomic E-state index is 12.2. The van der Waals surface area contributed by atoms with Crippen LogP contribution in [0.15, 0.2) is 0 Å². The molecule has 2 unspecified atom stereocenters. The lowest BCUT2D eigenvalue weighted by Gasteiger charge is -2.19. The molecule has 2 N–H and O–H groups in total. The zero-order valence-corrected chi connectivity index (χ0v) is 24.3. The number of nitrogens with one attached hydrogen (secondary N) is 1. The van der Waals surface area contributed by atoms with Gasteiger partial charge in [0.25, 0.3) is 0 Å². The second-order valence-electron chi connectivity index (χ2n) is 10.2. The van der Waals surface area contributed by atoms with Crippen molar-refractivity contribution in [2.45, 2.75) is 142 Å². The van der Waals surface area contributed by atoms with E-state index in [0.29, 0.717) is 19.3 Å². The predicted molar refractivity (Wildman–Crippen MR) is 148 cm³/mol. The first-order valence-electron chi connectivity index (χ1n) is 14.7. The molecule has 0 radical (unpaired) electrons. The molecule has 7 heteroatoms. The summed E-state index contributed by atoms with van der Waals surface area (Å²) in [7, 11) is -2.18. The molecular weight excluding hydrogens is 461 g/mol. The molecule has 0 aromatic heterocycles. The van der Waals surface area contributed by atoms with Gasteiger partial charge in [0.05, 0.1) is 13.2 Å². The summed E-state index contributed by atoms with van der Waals surface area (Å²) in [5, 5.41) is 3.04. The Balaban J connectivity index is 3.98. The van der Waals surface area contributed by atoms with Crippen molar-refractivity contribution in [3.05, 3.63) is 0 Å². The van der Waals surface area contributed by atoms with E-state index in [4.69, 9.17) is 9.05 Å². The number of hydrogen-bond donors (Lipinski definition) is 2. The number of Topliss-reactive ketones (excluding diaryl/α,β-unsaturated/α-hetero) is 1. The monoisotopic (exact) mass is 519 g/mol. The quantitative estimate of drug-likeness (QED) is 0.0798. The van der Waals surface area contributed by atoms with E-state index in [1.807, 2.05) is 14.0 Å². The lowest BCUT2D eigenvalue weighted by Crippen LogP contribution is -2.15. The molecule has 2 atom stereocenters. The van der Waals surface area contributed by atoms with Crippen molar-refractivity contribution in [3.8, 4) is 0 Å². The minimum Gasteiger partial charge on any atom is -0.320 e. The van der Waals surface area contributed by atoms with E-state index in [9.17, 15) is 14.3 Å². The van der Waals surface area contributed by atoms with Crippen molar-refractivity contribution in [2.24, 2.45) is 5.92 Å². The molecule has 0 aliphatic heterocycles. The van der Waals surface area contributed by atoms with Crippen LogP contribution in [0.1, 0.15) is 142 Å². The molecule has 0 aromatic rings. The molecule has 0 saturated carbocycles. The first-order chi connectivity index (χ1) is 16.9. The Hall–Kier alpha value is -0.260. The summed E-state index contributed by atoms with van der Waals surface area (Å²) in [4.78, 5) is 22.1.